The summed E-state index contributed by atoms with van der Waals surface area (Å²) in [6, 6.07) is 12.9. The fraction of sp³-hybridized carbons (Fsp3) is 0.190. The zero-order chi connectivity index (χ0) is 18.1. The fourth-order valence-electron chi connectivity index (χ4n) is 3.38. The highest BCUT2D eigenvalue weighted by molar-refractivity contribution is 6.09. The maximum absolute atomic E-state index is 12.9. The first kappa shape index (κ1) is 16.1. The normalized spacial score (nSPS) is 15.6. The zero-order valence-corrected chi connectivity index (χ0v) is 14.3. The van der Waals surface area contributed by atoms with Gasteiger partial charge in [0.05, 0.1) is 29.1 Å². The van der Waals surface area contributed by atoms with Crippen LogP contribution in [-0.4, -0.2) is 16.9 Å². The van der Waals surface area contributed by atoms with E-state index in [0.717, 1.165) is 46.3 Å². The number of carbonyl (C=O) groups is 1. The van der Waals surface area contributed by atoms with Gasteiger partial charge in [-0.15, -0.1) is 0 Å². The molecule has 0 fully saturated rings. The number of amides is 1. The number of hydrogen-bond donors (Lipinski definition) is 1. The molecule has 2 aromatic heterocycles. The fourth-order valence-corrected chi connectivity index (χ4v) is 3.38. The summed E-state index contributed by atoms with van der Waals surface area (Å²) in [5.41, 5.74) is 4.23. The lowest BCUT2D eigenvalue weighted by atomic mass is 10.00. The number of nitriles is 1. The lowest BCUT2D eigenvalue weighted by molar-refractivity contribution is 0.0948. The molecule has 0 radical (unpaired) electrons. The molecule has 1 aliphatic rings. The van der Waals surface area contributed by atoms with Gasteiger partial charge in [-0.25, -0.2) is 4.98 Å². The third-order valence-corrected chi connectivity index (χ3v) is 4.57. The largest absolute Gasteiger partial charge is 0.465 e. The van der Waals surface area contributed by atoms with E-state index in [1.165, 1.54) is 0 Å². The molecule has 3 aromatic rings. The van der Waals surface area contributed by atoms with E-state index in [1.54, 1.807) is 13.2 Å². The predicted molar refractivity (Wildman–Crippen MR) is 99.2 cm³/mol. The number of allylic oxidation sites excluding steroid dienone is 1. The van der Waals surface area contributed by atoms with Gasteiger partial charge < -0.3 is 9.73 Å². The standard InChI is InChI=1S/C21H17N3O2/c1-13(12-22)23-21(25)19-16-6-2-3-7-18(16)24-20-14(8-9-17(19)20)11-15-5-4-10-26-15/h2-7,10-11,13H,8-9H2,1H3,(H,23,25). The molecule has 1 N–H and O–H groups in total. The average Bonchev–Trinajstić information content (AvgIpc) is 3.30. The van der Waals surface area contributed by atoms with Crippen LogP contribution in [0.2, 0.25) is 0 Å². The second kappa shape index (κ2) is 6.49. The number of carbonyl (C=O) groups excluding carboxylic acids is 1. The maximum Gasteiger partial charge on any atom is 0.253 e. The van der Waals surface area contributed by atoms with Crippen molar-refractivity contribution in [1.82, 2.24) is 10.3 Å². The molecule has 1 atom stereocenters. The van der Waals surface area contributed by atoms with E-state index in [4.69, 9.17) is 14.7 Å². The molecule has 5 nitrogen and oxygen atoms in total. The van der Waals surface area contributed by atoms with Gasteiger partial charge in [-0.2, -0.15) is 5.26 Å². The number of fused-ring (bicyclic) bond motifs is 2. The number of para-hydroxylation sites is 1. The molecule has 1 amide bonds. The Kier molecular flexibility index (Phi) is 4.02. The summed E-state index contributed by atoms with van der Waals surface area (Å²) in [5, 5.41) is 12.6. The molecule has 1 aliphatic carbocycles. The van der Waals surface area contributed by atoms with Crippen LogP contribution in [0.3, 0.4) is 0 Å². The molecule has 4 rings (SSSR count). The summed E-state index contributed by atoms with van der Waals surface area (Å²) >= 11 is 0. The van der Waals surface area contributed by atoms with E-state index >= 15 is 0 Å². The molecule has 0 aliphatic heterocycles. The molecular weight excluding hydrogens is 326 g/mol. The number of nitrogens with one attached hydrogen (secondary N) is 1. The Morgan fingerprint density at radius 2 is 2.15 bits per heavy atom. The minimum atomic E-state index is -0.551. The van der Waals surface area contributed by atoms with Crippen molar-refractivity contribution in [3.8, 4) is 6.07 Å². The second-order valence-electron chi connectivity index (χ2n) is 6.34. The first-order chi connectivity index (χ1) is 12.7. The molecule has 1 aromatic carbocycles. The van der Waals surface area contributed by atoms with Crippen molar-refractivity contribution >= 4 is 28.5 Å². The average molecular weight is 343 g/mol. The molecule has 2 heterocycles. The Morgan fingerprint density at radius 3 is 2.92 bits per heavy atom. The van der Waals surface area contributed by atoms with Gasteiger partial charge in [-0.3, -0.25) is 4.79 Å². The Morgan fingerprint density at radius 1 is 1.31 bits per heavy atom. The van der Waals surface area contributed by atoms with Gasteiger partial charge in [0, 0.05) is 5.39 Å². The van der Waals surface area contributed by atoms with Crippen molar-refractivity contribution < 1.29 is 9.21 Å². The number of rotatable bonds is 3. The van der Waals surface area contributed by atoms with Crippen molar-refractivity contribution in [2.24, 2.45) is 0 Å². The van der Waals surface area contributed by atoms with Crippen LogP contribution in [0.25, 0.3) is 22.6 Å². The molecule has 1 unspecified atom stereocenters. The summed E-state index contributed by atoms with van der Waals surface area (Å²) in [6.45, 7) is 1.67. The van der Waals surface area contributed by atoms with Crippen LogP contribution in [0, 0.1) is 11.3 Å². The quantitative estimate of drug-likeness (QED) is 0.781. The second-order valence-corrected chi connectivity index (χ2v) is 6.34. The predicted octanol–water partition coefficient (Wildman–Crippen LogP) is 3.96. The molecule has 0 saturated heterocycles. The van der Waals surface area contributed by atoms with Crippen LogP contribution in [-0.2, 0) is 6.42 Å². The Bertz CT molecular complexity index is 1060. The van der Waals surface area contributed by atoms with Crippen LogP contribution < -0.4 is 5.32 Å². The number of hydrogen-bond acceptors (Lipinski definition) is 4. The molecule has 26 heavy (non-hydrogen) atoms. The first-order valence-electron chi connectivity index (χ1n) is 8.54. The molecule has 0 saturated carbocycles. The number of benzene rings is 1. The lowest BCUT2D eigenvalue weighted by Crippen LogP contribution is -2.32. The van der Waals surface area contributed by atoms with E-state index in [2.05, 4.69) is 5.32 Å². The lowest BCUT2D eigenvalue weighted by Gasteiger charge is -2.13. The molecule has 0 bridgehead atoms. The highest BCUT2D eigenvalue weighted by Gasteiger charge is 2.27. The van der Waals surface area contributed by atoms with Crippen LogP contribution in [0.4, 0.5) is 0 Å². The van der Waals surface area contributed by atoms with Crippen molar-refractivity contribution in [3.05, 3.63) is 65.2 Å². The van der Waals surface area contributed by atoms with Gasteiger partial charge in [0.25, 0.3) is 5.91 Å². The van der Waals surface area contributed by atoms with Crippen molar-refractivity contribution in [1.29, 1.82) is 5.26 Å². The van der Waals surface area contributed by atoms with Crippen LogP contribution in [0.5, 0.6) is 0 Å². The number of furan rings is 1. The highest BCUT2D eigenvalue weighted by Crippen LogP contribution is 2.37. The Balaban J connectivity index is 1.89. The Labute approximate surface area is 151 Å². The van der Waals surface area contributed by atoms with E-state index in [1.807, 2.05) is 48.5 Å². The van der Waals surface area contributed by atoms with E-state index in [9.17, 15) is 4.79 Å². The van der Waals surface area contributed by atoms with Crippen molar-refractivity contribution in [3.63, 3.8) is 0 Å². The number of pyridine rings is 1. The van der Waals surface area contributed by atoms with E-state index in [0.29, 0.717) is 5.56 Å². The topological polar surface area (TPSA) is 78.9 Å². The van der Waals surface area contributed by atoms with Gasteiger partial charge in [-0.1, -0.05) is 18.2 Å². The number of aromatic nitrogens is 1. The number of nitrogens with zero attached hydrogens (tertiary/aromatic N) is 2. The van der Waals surface area contributed by atoms with E-state index < -0.39 is 6.04 Å². The summed E-state index contributed by atoms with van der Waals surface area (Å²) in [4.78, 5) is 17.7. The molecular formula is C21H17N3O2. The maximum atomic E-state index is 12.9. The van der Waals surface area contributed by atoms with Crippen LogP contribution in [0.15, 0.2) is 47.1 Å². The minimum absolute atomic E-state index is 0.229. The molecule has 0 spiro atoms. The van der Waals surface area contributed by atoms with Crippen molar-refractivity contribution in [2.45, 2.75) is 25.8 Å². The molecule has 5 heteroatoms. The van der Waals surface area contributed by atoms with Gasteiger partial charge >= 0.3 is 0 Å². The third kappa shape index (κ3) is 2.76. The van der Waals surface area contributed by atoms with Crippen LogP contribution in [0.1, 0.15) is 40.7 Å². The highest BCUT2D eigenvalue weighted by atomic mass is 16.3. The third-order valence-electron chi connectivity index (χ3n) is 4.57. The summed E-state index contributed by atoms with van der Waals surface area (Å²) in [6.07, 6.45) is 5.16. The SMILES string of the molecule is CC(C#N)NC(=O)c1c2c(nc3ccccc13)C(=Cc1ccco1)CC2. The van der Waals surface area contributed by atoms with Gasteiger partial charge in [0.2, 0.25) is 0 Å². The zero-order valence-electron chi connectivity index (χ0n) is 14.3. The minimum Gasteiger partial charge on any atom is -0.465 e. The van der Waals surface area contributed by atoms with Crippen molar-refractivity contribution in [2.75, 3.05) is 0 Å². The van der Waals surface area contributed by atoms with E-state index in [-0.39, 0.29) is 5.91 Å². The van der Waals surface area contributed by atoms with Crippen LogP contribution >= 0.6 is 0 Å². The smallest absolute Gasteiger partial charge is 0.253 e. The Hall–Kier alpha value is -3.39. The van der Waals surface area contributed by atoms with Gasteiger partial charge in [0.15, 0.2) is 0 Å². The summed E-state index contributed by atoms with van der Waals surface area (Å²) in [7, 11) is 0. The molecule has 128 valence electrons. The first-order valence-corrected chi connectivity index (χ1v) is 8.54. The van der Waals surface area contributed by atoms with Gasteiger partial charge in [0.1, 0.15) is 11.8 Å². The summed E-state index contributed by atoms with van der Waals surface area (Å²) in [5.74, 6) is 0.542. The summed E-state index contributed by atoms with van der Waals surface area (Å²) < 4.78 is 5.42. The van der Waals surface area contributed by atoms with Gasteiger partial charge in [-0.05, 0) is 55.2 Å². The monoisotopic (exact) mass is 343 g/mol.